The molecule has 10 atom stereocenters. The molecule has 37 heavy (non-hydrogen) atoms. The van der Waals surface area contributed by atoms with Gasteiger partial charge >= 0.3 is 5.97 Å². The molecule has 10 unspecified atom stereocenters. The fourth-order valence-electron chi connectivity index (χ4n) is 8.88. The minimum absolute atomic E-state index is 0.0258. The molecule has 4 aliphatic carbocycles. The average Bonchev–Trinajstić information content (AvgIpc) is 3.16. The first-order valence-electron chi connectivity index (χ1n) is 13.3. The van der Waals surface area contributed by atoms with Crippen LogP contribution in [0.3, 0.4) is 0 Å². The maximum Gasteiger partial charge on any atom is 0.322 e. The molecule has 210 valence electrons. The number of carboxylic acid groups (broad SMARTS) is 1. The van der Waals surface area contributed by atoms with Gasteiger partial charge in [0.2, 0.25) is 17.5 Å². The van der Waals surface area contributed by atoms with Crippen molar-refractivity contribution < 1.29 is 50.1 Å². The van der Waals surface area contributed by atoms with Crippen molar-refractivity contribution in [1.29, 1.82) is 0 Å². The van der Waals surface area contributed by atoms with Crippen LogP contribution in [0.2, 0.25) is 0 Å². The predicted molar refractivity (Wildman–Crippen MR) is 127 cm³/mol. The Balaban J connectivity index is 1.57. The Morgan fingerprint density at radius 1 is 1.05 bits per heavy atom. The molecule has 0 aromatic heterocycles. The topological polar surface area (TPSA) is 205 Å². The second kappa shape index (κ2) is 9.24. The summed E-state index contributed by atoms with van der Waals surface area (Å²) < 4.78 is 0. The largest absolute Gasteiger partial charge is 0.480 e. The molecule has 0 aromatic carbocycles. The first-order valence-corrected chi connectivity index (χ1v) is 13.3. The lowest BCUT2D eigenvalue weighted by atomic mass is 9.42. The van der Waals surface area contributed by atoms with Gasteiger partial charge in [0.1, 0.15) is 6.54 Å². The fourth-order valence-corrected chi connectivity index (χ4v) is 8.88. The van der Waals surface area contributed by atoms with Crippen LogP contribution < -0.4 is 5.32 Å². The quantitative estimate of drug-likeness (QED) is 0.205. The minimum Gasteiger partial charge on any atom is -0.480 e. The molecule has 4 fully saturated rings. The lowest BCUT2D eigenvalue weighted by Gasteiger charge is -2.64. The maximum atomic E-state index is 13.4. The van der Waals surface area contributed by atoms with Crippen molar-refractivity contribution in [1.82, 2.24) is 5.32 Å². The Labute approximate surface area is 215 Å². The highest BCUT2D eigenvalue weighted by molar-refractivity contribution is 5.93. The Hall–Kier alpha value is -1.63. The van der Waals surface area contributed by atoms with Gasteiger partial charge in [-0.25, -0.2) is 0 Å². The van der Waals surface area contributed by atoms with Gasteiger partial charge in [-0.3, -0.25) is 14.4 Å². The number of carbonyl (C=O) groups is 3. The van der Waals surface area contributed by atoms with E-state index in [0.29, 0.717) is 12.8 Å². The molecule has 0 aromatic rings. The summed E-state index contributed by atoms with van der Waals surface area (Å²) in [7, 11) is 0. The van der Waals surface area contributed by atoms with Crippen molar-refractivity contribution in [3.05, 3.63) is 0 Å². The van der Waals surface area contributed by atoms with Gasteiger partial charge in [-0.15, -0.1) is 0 Å². The van der Waals surface area contributed by atoms with Crippen LogP contribution in [0.4, 0.5) is 0 Å². The van der Waals surface area contributed by atoms with Crippen LogP contribution in [0.15, 0.2) is 0 Å². The Kier molecular flexibility index (Phi) is 7.08. The van der Waals surface area contributed by atoms with Crippen molar-refractivity contribution in [2.24, 2.45) is 46.3 Å². The van der Waals surface area contributed by atoms with E-state index in [1.165, 1.54) is 0 Å². The van der Waals surface area contributed by atoms with Crippen molar-refractivity contribution in [3.63, 3.8) is 0 Å². The van der Waals surface area contributed by atoms with E-state index in [9.17, 15) is 45.0 Å². The van der Waals surface area contributed by atoms with Gasteiger partial charge in [0, 0.05) is 18.3 Å². The summed E-state index contributed by atoms with van der Waals surface area (Å²) in [6, 6.07) is 0. The first kappa shape index (κ1) is 28.4. The third kappa shape index (κ3) is 4.13. The molecule has 0 aliphatic heterocycles. The molecule has 11 heteroatoms. The van der Waals surface area contributed by atoms with Gasteiger partial charge in [0.15, 0.2) is 0 Å². The van der Waals surface area contributed by atoms with Gasteiger partial charge in [-0.05, 0) is 73.0 Å². The second-order valence-corrected chi connectivity index (χ2v) is 12.6. The van der Waals surface area contributed by atoms with E-state index < -0.39 is 77.1 Å². The number of hydrogen-bond donors (Lipinski definition) is 8. The van der Waals surface area contributed by atoms with Gasteiger partial charge in [-0.1, -0.05) is 20.8 Å². The Bertz CT molecular complexity index is 952. The number of hydrogen-bond acceptors (Lipinski definition) is 9. The number of aliphatic hydroxyl groups is 6. The summed E-state index contributed by atoms with van der Waals surface area (Å²) in [6.07, 6.45) is 0.163. The van der Waals surface area contributed by atoms with E-state index in [0.717, 1.165) is 6.42 Å². The molecule has 1 amide bonds. The number of carboxylic acids is 1. The standard InChI is InChI=1S/C26H41NO10/c1-12(4-7-19(30)27-11-20(31)32)14-5-6-15-21-16(9-18(29)24(14,15)3)23(2)13(8-17(21)28)10-25(34,35)26(36,37)22(23)33/h12-18,21,28-29,34-37H,4-11H2,1-3H3,(H,27,30)(H,31,32). The highest BCUT2D eigenvalue weighted by atomic mass is 16.6. The maximum absolute atomic E-state index is 13.4. The normalized spacial score (nSPS) is 44.8. The van der Waals surface area contributed by atoms with Gasteiger partial charge in [0.05, 0.1) is 12.2 Å². The molecule has 4 rings (SSSR count). The van der Waals surface area contributed by atoms with Crippen LogP contribution in [-0.2, 0) is 14.4 Å². The molecule has 4 aliphatic rings. The lowest BCUT2D eigenvalue weighted by molar-refractivity contribution is -0.367. The van der Waals surface area contributed by atoms with E-state index in [4.69, 9.17) is 5.11 Å². The monoisotopic (exact) mass is 527 g/mol. The van der Waals surface area contributed by atoms with E-state index in [2.05, 4.69) is 5.32 Å². The third-order valence-corrected chi connectivity index (χ3v) is 10.9. The Morgan fingerprint density at radius 3 is 2.32 bits per heavy atom. The molecule has 0 heterocycles. The summed E-state index contributed by atoms with van der Waals surface area (Å²) in [4.78, 5) is 36.2. The number of fused-ring (bicyclic) bond motifs is 5. The zero-order chi connectivity index (χ0) is 27.7. The van der Waals surface area contributed by atoms with Gasteiger partial charge in [0.25, 0.3) is 5.79 Å². The van der Waals surface area contributed by atoms with E-state index >= 15 is 0 Å². The molecule has 8 N–H and O–H groups in total. The number of Topliss-reactive ketones (excluding diaryl/α,β-unsaturated/α-hetero) is 1. The molecule has 11 nitrogen and oxygen atoms in total. The lowest BCUT2D eigenvalue weighted by Crippen LogP contribution is -2.74. The SMILES string of the molecule is CC(CCC(=O)NCC(=O)O)C1CCC2C3C(O)CC4CC(O)(O)C(O)(O)C(=O)C4(C)C3CC(O)C12C. The minimum atomic E-state index is -3.36. The van der Waals surface area contributed by atoms with Crippen molar-refractivity contribution in [2.75, 3.05) is 6.54 Å². The predicted octanol–water partition coefficient (Wildman–Crippen LogP) is -0.645. The molecule has 0 saturated heterocycles. The second-order valence-electron chi connectivity index (χ2n) is 12.6. The average molecular weight is 528 g/mol. The summed E-state index contributed by atoms with van der Waals surface area (Å²) in [5.41, 5.74) is -1.97. The van der Waals surface area contributed by atoms with E-state index in [1.807, 2.05) is 13.8 Å². The van der Waals surface area contributed by atoms with Crippen LogP contribution in [-0.4, -0.2) is 83.7 Å². The van der Waals surface area contributed by atoms with Crippen LogP contribution in [0.25, 0.3) is 0 Å². The first-order chi connectivity index (χ1) is 17.0. The highest BCUT2D eigenvalue weighted by Crippen LogP contribution is 2.68. The Morgan fingerprint density at radius 2 is 1.70 bits per heavy atom. The number of amides is 1. The fraction of sp³-hybridized carbons (Fsp3) is 0.885. The van der Waals surface area contributed by atoms with Crippen molar-refractivity contribution in [2.45, 2.75) is 89.5 Å². The highest BCUT2D eigenvalue weighted by Gasteiger charge is 2.73. The van der Waals surface area contributed by atoms with E-state index in [-0.39, 0.29) is 42.9 Å². The number of carbonyl (C=O) groups excluding carboxylic acids is 2. The smallest absolute Gasteiger partial charge is 0.322 e. The summed E-state index contributed by atoms with van der Waals surface area (Å²) in [6.45, 7) is 5.16. The van der Waals surface area contributed by atoms with Gasteiger partial charge in [-0.2, -0.15) is 0 Å². The molecule has 4 saturated carbocycles. The molecule has 0 radical (unpaired) electrons. The summed E-state index contributed by atoms with van der Waals surface area (Å²) in [5.74, 6) is -10.7. The zero-order valence-corrected chi connectivity index (χ0v) is 21.6. The number of nitrogens with one attached hydrogen (secondary N) is 1. The number of aliphatic hydroxyl groups excluding tert-OH is 2. The third-order valence-electron chi connectivity index (χ3n) is 10.9. The van der Waals surface area contributed by atoms with Gasteiger partial charge < -0.3 is 41.1 Å². The molecular formula is C26H41NO10. The summed E-state index contributed by atoms with van der Waals surface area (Å²) in [5, 5.41) is 75.4. The van der Waals surface area contributed by atoms with Crippen LogP contribution in [0.1, 0.15) is 65.7 Å². The van der Waals surface area contributed by atoms with E-state index in [1.54, 1.807) is 6.92 Å². The number of ketones is 1. The van der Waals surface area contributed by atoms with Crippen LogP contribution in [0, 0.1) is 46.3 Å². The zero-order valence-electron chi connectivity index (χ0n) is 21.6. The molecule has 0 bridgehead atoms. The number of aliphatic carboxylic acids is 1. The van der Waals surface area contributed by atoms with Crippen LogP contribution in [0.5, 0.6) is 0 Å². The van der Waals surface area contributed by atoms with Crippen molar-refractivity contribution >= 4 is 17.7 Å². The molecular weight excluding hydrogens is 486 g/mol. The number of rotatable bonds is 6. The van der Waals surface area contributed by atoms with Crippen molar-refractivity contribution in [3.8, 4) is 0 Å². The molecule has 0 spiro atoms. The van der Waals surface area contributed by atoms with Crippen LogP contribution >= 0.6 is 0 Å². The summed E-state index contributed by atoms with van der Waals surface area (Å²) >= 11 is 0.